The van der Waals surface area contributed by atoms with Crippen LogP contribution in [0.1, 0.15) is 49.5 Å². The van der Waals surface area contributed by atoms with Gasteiger partial charge >= 0.3 is 0 Å². The quantitative estimate of drug-likeness (QED) is 0.772. The van der Waals surface area contributed by atoms with Crippen molar-refractivity contribution in [2.45, 2.75) is 44.9 Å². The molecular weight excluding hydrogens is 195 g/mol. The molecule has 1 aliphatic carbocycles. The van der Waals surface area contributed by atoms with E-state index in [1.165, 1.54) is 6.42 Å². The maximum absolute atomic E-state index is 13.6. The van der Waals surface area contributed by atoms with Crippen molar-refractivity contribution in [3.05, 3.63) is 27.7 Å². The first-order valence-corrected chi connectivity index (χ1v) is 5.45. The van der Waals surface area contributed by atoms with Gasteiger partial charge in [-0.2, -0.15) is 4.39 Å². The lowest BCUT2D eigenvalue weighted by molar-refractivity contribution is 0.416. The van der Waals surface area contributed by atoms with Gasteiger partial charge in [0.2, 0.25) is 5.82 Å². The number of rotatable bonds is 1. The van der Waals surface area contributed by atoms with Gasteiger partial charge in [0.25, 0.3) is 5.56 Å². The number of aromatic nitrogens is 2. The summed E-state index contributed by atoms with van der Waals surface area (Å²) >= 11 is 0. The second kappa shape index (κ2) is 4.13. The van der Waals surface area contributed by atoms with Crippen LogP contribution >= 0.6 is 0 Å². The topological polar surface area (TPSA) is 45.8 Å². The molecule has 0 spiro atoms. The van der Waals surface area contributed by atoms with Crippen molar-refractivity contribution in [3.8, 4) is 0 Å². The van der Waals surface area contributed by atoms with Gasteiger partial charge < -0.3 is 4.98 Å². The lowest BCUT2D eigenvalue weighted by Gasteiger charge is -2.21. The average molecular weight is 210 g/mol. The zero-order valence-corrected chi connectivity index (χ0v) is 8.85. The van der Waals surface area contributed by atoms with E-state index in [0.29, 0.717) is 11.5 Å². The molecule has 1 aromatic rings. The number of nitrogens with zero attached hydrogens (tertiary/aromatic N) is 1. The van der Waals surface area contributed by atoms with Crippen molar-refractivity contribution in [1.29, 1.82) is 0 Å². The van der Waals surface area contributed by atoms with Crippen LogP contribution < -0.4 is 5.56 Å². The van der Waals surface area contributed by atoms with Crippen LogP contribution in [0.15, 0.2) is 4.79 Å². The number of aromatic amines is 1. The van der Waals surface area contributed by atoms with Gasteiger partial charge in [0.1, 0.15) is 5.82 Å². The van der Waals surface area contributed by atoms with E-state index < -0.39 is 11.4 Å². The Morgan fingerprint density at radius 3 is 2.67 bits per heavy atom. The zero-order valence-electron chi connectivity index (χ0n) is 8.85. The third-order valence-electron chi connectivity index (χ3n) is 3.00. The van der Waals surface area contributed by atoms with Crippen LogP contribution in [0.5, 0.6) is 0 Å². The molecular formula is C11H15FN2O. The third kappa shape index (κ3) is 2.08. The Morgan fingerprint density at radius 1 is 1.33 bits per heavy atom. The van der Waals surface area contributed by atoms with E-state index in [-0.39, 0.29) is 5.92 Å². The van der Waals surface area contributed by atoms with Crippen LogP contribution in [0, 0.1) is 12.7 Å². The van der Waals surface area contributed by atoms with E-state index >= 15 is 0 Å². The normalized spacial score (nSPS) is 18.0. The van der Waals surface area contributed by atoms with E-state index in [1.807, 2.05) is 0 Å². The zero-order chi connectivity index (χ0) is 10.8. The standard InChI is InChI=1S/C11H15FN2O/c1-7-13-10(9(12)11(15)14-7)8-5-3-2-4-6-8/h8H,2-6H2,1H3,(H,13,14,15). The summed E-state index contributed by atoms with van der Waals surface area (Å²) < 4.78 is 13.6. The second-order valence-electron chi connectivity index (χ2n) is 4.19. The van der Waals surface area contributed by atoms with Gasteiger partial charge in [0.05, 0.1) is 5.69 Å². The highest BCUT2D eigenvalue weighted by Gasteiger charge is 2.22. The smallest absolute Gasteiger partial charge is 0.287 e. The Bertz CT molecular complexity index is 408. The first-order chi connectivity index (χ1) is 7.18. The van der Waals surface area contributed by atoms with Crippen molar-refractivity contribution in [3.63, 3.8) is 0 Å². The highest BCUT2D eigenvalue weighted by Crippen LogP contribution is 2.31. The minimum absolute atomic E-state index is 0.139. The Hall–Kier alpha value is -1.19. The predicted molar refractivity (Wildman–Crippen MR) is 55.4 cm³/mol. The van der Waals surface area contributed by atoms with Gasteiger partial charge in [-0.3, -0.25) is 4.79 Å². The van der Waals surface area contributed by atoms with Gasteiger partial charge in [-0.1, -0.05) is 19.3 Å². The van der Waals surface area contributed by atoms with Gasteiger partial charge in [-0.25, -0.2) is 4.98 Å². The molecule has 1 N–H and O–H groups in total. The van der Waals surface area contributed by atoms with Crippen LogP contribution in [0.4, 0.5) is 4.39 Å². The molecule has 2 rings (SSSR count). The van der Waals surface area contributed by atoms with Crippen LogP contribution in [0.2, 0.25) is 0 Å². The van der Waals surface area contributed by atoms with Crippen LogP contribution in [0.3, 0.4) is 0 Å². The average Bonchev–Trinajstić information content (AvgIpc) is 2.24. The number of nitrogens with one attached hydrogen (secondary N) is 1. The summed E-state index contributed by atoms with van der Waals surface area (Å²) in [6.07, 6.45) is 5.33. The lowest BCUT2D eigenvalue weighted by Crippen LogP contribution is -2.20. The maximum Gasteiger partial charge on any atom is 0.287 e. The maximum atomic E-state index is 13.6. The van der Waals surface area contributed by atoms with E-state index in [2.05, 4.69) is 9.97 Å². The van der Waals surface area contributed by atoms with Gasteiger partial charge in [0.15, 0.2) is 0 Å². The molecule has 0 unspecified atom stereocenters. The van der Waals surface area contributed by atoms with Crippen molar-refractivity contribution in [2.24, 2.45) is 0 Å². The molecule has 1 aliphatic rings. The van der Waals surface area contributed by atoms with Crippen LogP contribution in [-0.2, 0) is 0 Å². The first kappa shape index (κ1) is 10.3. The minimum atomic E-state index is -0.687. The van der Waals surface area contributed by atoms with Crippen molar-refractivity contribution < 1.29 is 4.39 Å². The highest BCUT2D eigenvalue weighted by molar-refractivity contribution is 5.11. The van der Waals surface area contributed by atoms with E-state index in [4.69, 9.17) is 0 Å². The van der Waals surface area contributed by atoms with Gasteiger partial charge in [-0.05, 0) is 19.8 Å². The Balaban J connectivity index is 2.37. The molecule has 1 heterocycles. The summed E-state index contributed by atoms with van der Waals surface area (Å²) in [6.45, 7) is 1.69. The Morgan fingerprint density at radius 2 is 2.00 bits per heavy atom. The third-order valence-corrected chi connectivity index (χ3v) is 3.00. The fourth-order valence-corrected chi connectivity index (χ4v) is 2.24. The van der Waals surface area contributed by atoms with Gasteiger partial charge in [0, 0.05) is 5.92 Å². The molecule has 0 radical (unpaired) electrons. The number of H-pyrrole nitrogens is 1. The van der Waals surface area contributed by atoms with E-state index in [0.717, 1.165) is 25.7 Å². The number of aryl methyl sites for hydroxylation is 1. The molecule has 3 nitrogen and oxygen atoms in total. The molecule has 0 saturated heterocycles. The lowest BCUT2D eigenvalue weighted by atomic mass is 9.86. The molecule has 1 fully saturated rings. The number of hydrogen-bond donors (Lipinski definition) is 1. The molecule has 0 aromatic carbocycles. The predicted octanol–water partition coefficient (Wildman–Crippen LogP) is 2.27. The van der Waals surface area contributed by atoms with Crippen LogP contribution in [-0.4, -0.2) is 9.97 Å². The summed E-state index contributed by atoms with van der Waals surface area (Å²) in [6, 6.07) is 0. The van der Waals surface area contributed by atoms with Crippen molar-refractivity contribution >= 4 is 0 Å². The fraction of sp³-hybridized carbons (Fsp3) is 0.636. The monoisotopic (exact) mass is 210 g/mol. The Labute approximate surface area is 87.7 Å². The summed E-state index contributed by atoms with van der Waals surface area (Å²) in [5, 5.41) is 0. The van der Waals surface area contributed by atoms with Gasteiger partial charge in [-0.15, -0.1) is 0 Å². The molecule has 0 bridgehead atoms. The largest absolute Gasteiger partial charge is 0.308 e. The molecule has 0 atom stereocenters. The molecule has 0 aliphatic heterocycles. The molecule has 1 saturated carbocycles. The SMILES string of the molecule is Cc1nc(C2CCCCC2)c(F)c(=O)[nH]1. The molecule has 4 heteroatoms. The summed E-state index contributed by atoms with van der Waals surface area (Å²) in [5.41, 5.74) is -0.265. The fourth-order valence-electron chi connectivity index (χ4n) is 2.24. The molecule has 0 amide bonds. The number of hydrogen-bond acceptors (Lipinski definition) is 2. The summed E-state index contributed by atoms with van der Waals surface area (Å²) in [7, 11) is 0. The summed E-state index contributed by atoms with van der Waals surface area (Å²) in [5.74, 6) is -0.0470. The summed E-state index contributed by atoms with van der Waals surface area (Å²) in [4.78, 5) is 17.7. The van der Waals surface area contributed by atoms with Crippen molar-refractivity contribution in [1.82, 2.24) is 9.97 Å². The second-order valence-corrected chi connectivity index (χ2v) is 4.19. The molecule has 1 aromatic heterocycles. The van der Waals surface area contributed by atoms with E-state index in [1.54, 1.807) is 6.92 Å². The van der Waals surface area contributed by atoms with E-state index in [9.17, 15) is 9.18 Å². The van der Waals surface area contributed by atoms with Crippen LogP contribution in [0.25, 0.3) is 0 Å². The highest BCUT2D eigenvalue weighted by atomic mass is 19.1. The Kier molecular flexibility index (Phi) is 2.84. The minimum Gasteiger partial charge on any atom is -0.308 e. The molecule has 82 valence electrons. The molecule has 15 heavy (non-hydrogen) atoms. The number of halogens is 1. The first-order valence-electron chi connectivity index (χ1n) is 5.45. The van der Waals surface area contributed by atoms with Crippen molar-refractivity contribution in [2.75, 3.05) is 0 Å².